The van der Waals surface area contributed by atoms with Crippen LogP contribution in [-0.2, 0) is 6.54 Å². The molecule has 3 rings (SSSR count). The maximum absolute atomic E-state index is 13.5. The van der Waals surface area contributed by atoms with Gasteiger partial charge in [0.2, 0.25) is 0 Å². The average Bonchev–Trinajstić information content (AvgIpc) is 2.80. The molecule has 3 N–H and O–H groups in total. The Hall–Kier alpha value is -3.36. The topological polar surface area (TPSA) is 87.3 Å². The van der Waals surface area contributed by atoms with Crippen LogP contribution < -0.4 is 16.0 Å². The molecule has 0 bridgehead atoms. The quantitative estimate of drug-likeness (QED) is 0.743. The Balaban J connectivity index is 1.67. The number of nitrogens with one attached hydrogen (secondary N) is 3. The molecular formula is C16H10F3N3O3. The van der Waals surface area contributed by atoms with Gasteiger partial charge in [0.15, 0.2) is 0 Å². The number of anilines is 1. The zero-order valence-electron chi connectivity index (χ0n) is 12.5. The predicted molar refractivity (Wildman–Crippen MR) is 80.4 cm³/mol. The molecule has 0 radical (unpaired) electrons. The van der Waals surface area contributed by atoms with Crippen LogP contribution in [0.25, 0.3) is 0 Å². The van der Waals surface area contributed by atoms with Crippen LogP contribution in [0.5, 0.6) is 0 Å². The first-order valence-corrected chi connectivity index (χ1v) is 7.03. The summed E-state index contributed by atoms with van der Waals surface area (Å²) in [5.74, 6) is -4.41. The Kier molecular flexibility index (Phi) is 4.14. The van der Waals surface area contributed by atoms with Crippen LogP contribution in [0.15, 0.2) is 30.3 Å². The molecule has 4 amide bonds. The average molecular weight is 349 g/mol. The van der Waals surface area contributed by atoms with Crippen molar-refractivity contribution in [1.29, 1.82) is 0 Å². The molecule has 0 fully saturated rings. The van der Waals surface area contributed by atoms with Crippen LogP contribution in [0.2, 0.25) is 0 Å². The number of urea groups is 1. The maximum Gasteiger partial charge on any atom is 0.319 e. The van der Waals surface area contributed by atoms with E-state index in [0.29, 0.717) is 12.1 Å². The zero-order chi connectivity index (χ0) is 18.1. The summed E-state index contributed by atoms with van der Waals surface area (Å²) in [4.78, 5) is 34.8. The van der Waals surface area contributed by atoms with Crippen LogP contribution in [-0.4, -0.2) is 17.8 Å². The molecule has 25 heavy (non-hydrogen) atoms. The van der Waals surface area contributed by atoms with Crippen LogP contribution >= 0.6 is 0 Å². The Morgan fingerprint density at radius 1 is 0.960 bits per heavy atom. The van der Waals surface area contributed by atoms with E-state index < -0.39 is 47.4 Å². The van der Waals surface area contributed by atoms with Crippen molar-refractivity contribution in [3.05, 3.63) is 64.5 Å². The van der Waals surface area contributed by atoms with Crippen LogP contribution in [0.1, 0.15) is 26.3 Å². The number of hydrogen-bond donors (Lipinski definition) is 3. The van der Waals surface area contributed by atoms with Crippen molar-refractivity contribution >= 4 is 23.5 Å². The standard InChI is InChI=1S/C16H10F3N3O3/c17-7-3-12(18)11(13(19)4-7)6-20-16(25)21-8-1-2-9-10(5-8)15(24)22-14(9)23/h1-5H,6H2,(H2,20,21,25)(H,22,23,24). The highest BCUT2D eigenvalue weighted by Crippen LogP contribution is 2.20. The fraction of sp³-hybridized carbons (Fsp3) is 0.0625. The van der Waals surface area contributed by atoms with Gasteiger partial charge in [-0.05, 0) is 18.2 Å². The molecule has 0 spiro atoms. The van der Waals surface area contributed by atoms with E-state index in [9.17, 15) is 27.6 Å². The summed E-state index contributed by atoms with van der Waals surface area (Å²) >= 11 is 0. The largest absolute Gasteiger partial charge is 0.334 e. The summed E-state index contributed by atoms with van der Waals surface area (Å²) in [5.41, 5.74) is 0.0152. The lowest BCUT2D eigenvalue weighted by Crippen LogP contribution is -2.29. The smallest absolute Gasteiger partial charge is 0.319 e. The Bertz CT molecular complexity index is 892. The summed E-state index contributed by atoms with van der Waals surface area (Å²) < 4.78 is 39.8. The SMILES string of the molecule is O=C(NCc1c(F)cc(F)cc1F)Nc1ccc2c(c1)C(=O)NC2=O. The highest BCUT2D eigenvalue weighted by molar-refractivity contribution is 6.22. The van der Waals surface area contributed by atoms with Crippen molar-refractivity contribution in [2.24, 2.45) is 0 Å². The molecule has 2 aromatic rings. The van der Waals surface area contributed by atoms with Crippen molar-refractivity contribution in [1.82, 2.24) is 10.6 Å². The zero-order valence-corrected chi connectivity index (χ0v) is 12.5. The van der Waals surface area contributed by atoms with E-state index >= 15 is 0 Å². The third-order valence-electron chi connectivity index (χ3n) is 3.53. The minimum Gasteiger partial charge on any atom is -0.334 e. The monoisotopic (exact) mass is 349 g/mol. The summed E-state index contributed by atoms with van der Waals surface area (Å²) in [6.45, 7) is -0.506. The van der Waals surface area contributed by atoms with Gasteiger partial charge in [-0.3, -0.25) is 14.9 Å². The molecule has 1 aliphatic heterocycles. The molecular weight excluding hydrogens is 339 g/mol. The van der Waals surface area contributed by atoms with Crippen molar-refractivity contribution < 1.29 is 27.6 Å². The highest BCUT2D eigenvalue weighted by atomic mass is 19.1. The molecule has 0 saturated carbocycles. The lowest BCUT2D eigenvalue weighted by molar-refractivity contribution is 0.0879. The molecule has 0 saturated heterocycles. The number of benzene rings is 2. The van der Waals surface area contributed by atoms with E-state index in [1.165, 1.54) is 18.2 Å². The lowest BCUT2D eigenvalue weighted by atomic mass is 10.1. The predicted octanol–water partition coefficient (Wildman–Crippen LogP) is 2.31. The van der Waals surface area contributed by atoms with Crippen LogP contribution in [0, 0.1) is 17.5 Å². The van der Waals surface area contributed by atoms with Crippen molar-refractivity contribution in [3.8, 4) is 0 Å². The Morgan fingerprint density at radius 3 is 2.28 bits per heavy atom. The normalized spacial score (nSPS) is 12.6. The van der Waals surface area contributed by atoms with Gasteiger partial charge in [0, 0.05) is 23.4 Å². The molecule has 2 aromatic carbocycles. The molecule has 0 aliphatic carbocycles. The number of rotatable bonds is 3. The van der Waals surface area contributed by atoms with Crippen molar-refractivity contribution in [2.75, 3.05) is 5.32 Å². The highest BCUT2D eigenvalue weighted by Gasteiger charge is 2.26. The summed E-state index contributed by atoms with van der Waals surface area (Å²) in [6.07, 6.45) is 0. The lowest BCUT2D eigenvalue weighted by Gasteiger charge is -2.10. The van der Waals surface area contributed by atoms with E-state index in [4.69, 9.17) is 0 Å². The van der Waals surface area contributed by atoms with Gasteiger partial charge in [0.1, 0.15) is 17.5 Å². The molecule has 128 valence electrons. The summed E-state index contributed by atoms with van der Waals surface area (Å²) in [7, 11) is 0. The van der Waals surface area contributed by atoms with Crippen molar-refractivity contribution in [3.63, 3.8) is 0 Å². The first-order valence-electron chi connectivity index (χ1n) is 7.03. The van der Waals surface area contributed by atoms with Crippen molar-refractivity contribution in [2.45, 2.75) is 6.54 Å². The van der Waals surface area contributed by atoms with Crippen LogP contribution in [0.4, 0.5) is 23.7 Å². The third kappa shape index (κ3) is 3.30. The number of carbonyl (C=O) groups excluding carboxylic acids is 3. The summed E-state index contributed by atoms with van der Waals surface area (Å²) in [6, 6.07) is 4.28. The van der Waals surface area contributed by atoms with Gasteiger partial charge >= 0.3 is 6.03 Å². The first-order chi connectivity index (χ1) is 11.8. The number of amides is 4. The van der Waals surface area contributed by atoms with Gasteiger partial charge < -0.3 is 10.6 Å². The fourth-order valence-corrected chi connectivity index (χ4v) is 2.33. The van der Waals surface area contributed by atoms with Crippen LogP contribution in [0.3, 0.4) is 0 Å². The van der Waals surface area contributed by atoms with Gasteiger partial charge in [-0.25, -0.2) is 18.0 Å². The second kappa shape index (κ2) is 6.27. The third-order valence-corrected chi connectivity index (χ3v) is 3.53. The van der Waals surface area contributed by atoms with E-state index in [2.05, 4.69) is 16.0 Å². The van der Waals surface area contributed by atoms with Gasteiger partial charge in [-0.15, -0.1) is 0 Å². The Morgan fingerprint density at radius 2 is 1.60 bits per heavy atom. The van der Waals surface area contributed by atoms with Gasteiger partial charge in [-0.2, -0.15) is 0 Å². The summed E-state index contributed by atoms with van der Waals surface area (Å²) in [5, 5.41) is 6.69. The van der Waals surface area contributed by atoms with E-state index in [1.54, 1.807) is 0 Å². The van der Waals surface area contributed by atoms with E-state index in [1.807, 2.05) is 0 Å². The van der Waals surface area contributed by atoms with Gasteiger partial charge in [-0.1, -0.05) is 0 Å². The number of hydrogen-bond acceptors (Lipinski definition) is 3. The second-order valence-corrected chi connectivity index (χ2v) is 5.20. The second-order valence-electron chi connectivity index (χ2n) is 5.20. The minimum atomic E-state index is -1.12. The first kappa shape index (κ1) is 16.5. The molecule has 0 unspecified atom stereocenters. The molecule has 0 atom stereocenters. The van der Waals surface area contributed by atoms with Gasteiger partial charge in [0.05, 0.1) is 17.7 Å². The molecule has 9 heteroatoms. The number of fused-ring (bicyclic) bond motifs is 1. The molecule has 1 aliphatic rings. The fourth-order valence-electron chi connectivity index (χ4n) is 2.33. The molecule has 0 aromatic heterocycles. The van der Waals surface area contributed by atoms with E-state index in [-0.39, 0.29) is 16.8 Å². The van der Waals surface area contributed by atoms with E-state index in [0.717, 1.165) is 0 Å². The molecule has 6 nitrogen and oxygen atoms in total. The molecule has 1 heterocycles. The maximum atomic E-state index is 13.5. The van der Waals surface area contributed by atoms with Gasteiger partial charge in [0.25, 0.3) is 11.8 Å². The minimum absolute atomic E-state index is 0.110. The number of imide groups is 1. The number of carbonyl (C=O) groups is 3. The Labute approximate surface area is 139 Å². The number of halogens is 3.